The molecule has 0 spiro atoms. The summed E-state index contributed by atoms with van der Waals surface area (Å²) in [6, 6.07) is 0. The van der Waals surface area contributed by atoms with E-state index in [9.17, 15) is 8.42 Å². The second kappa shape index (κ2) is 7.23. The van der Waals surface area contributed by atoms with E-state index >= 15 is 0 Å². The number of hydrogen-bond acceptors (Lipinski definition) is 3. The van der Waals surface area contributed by atoms with Crippen LogP contribution in [0.3, 0.4) is 0 Å². The lowest BCUT2D eigenvalue weighted by Gasteiger charge is -2.39. The maximum absolute atomic E-state index is 11.2. The number of sulfonamides is 1. The van der Waals surface area contributed by atoms with Gasteiger partial charge in [-0.25, -0.2) is 13.6 Å². The monoisotopic (exact) mass is 305 g/mol. The van der Waals surface area contributed by atoms with Gasteiger partial charge in [-0.05, 0) is 42.9 Å². The summed E-state index contributed by atoms with van der Waals surface area (Å²) in [5, 5.41) is 5.16. The van der Waals surface area contributed by atoms with Gasteiger partial charge in [0.05, 0.1) is 18.5 Å². The molecule has 0 aromatic carbocycles. The molecular formula is C15H31NO3S. The maximum atomic E-state index is 11.2. The fourth-order valence-electron chi connectivity index (χ4n) is 3.61. The smallest absolute Gasteiger partial charge is 0.209 e. The molecule has 120 valence electrons. The number of primary sulfonamides is 1. The Morgan fingerprint density at radius 2 is 2.00 bits per heavy atom. The van der Waals surface area contributed by atoms with Gasteiger partial charge in [0.25, 0.3) is 0 Å². The van der Waals surface area contributed by atoms with E-state index in [2.05, 4.69) is 27.7 Å². The fourth-order valence-corrected chi connectivity index (χ4v) is 4.53. The van der Waals surface area contributed by atoms with Crippen molar-refractivity contribution in [1.82, 2.24) is 0 Å². The molecule has 0 amide bonds. The van der Waals surface area contributed by atoms with E-state index in [1.807, 2.05) is 0 Å². The summed E-state index contributed by atoms with van der Waals surface area (Å²) in [5.74, 6) is 0.730. The first kappa shape index (κ1) is 17.9. The molecule has 0 saturated heterocycles. The zero-order valence-electron chi connectivity index (χ0n) is 13.4. The van der Waals surface area contributed by atoms with Crippen molar-refractivity contribution < 1.29 is 13.2 Å². The Hall–Kier alpha value is -0.130. The second-order valence-corrected chi connectivity index (χ2v) is 9.01. The molecule has 1 saturated carbocycles. The van der Waals surface area contributed by atoms with Crippen LogP contribution in [0.4, 0.5) is 0 Å². The summed E-state index contributed by atoms with van der Waals surface area (Å²) in [6.45, 7) is 9.41. The van der Waals surface area contributed by atoms with Gasteiger partial charge in [0.2, 0.25) is 10.0 Å². The molecule has 0 aromatic rings. The first-order valence-corrected chi connectivity index (χ1v) is 9.45. The zero-order chi connectivity index (χ0) is 15.4. The molecule has 5 heteroatoms. The van der Waals surface area contributed by atoms with Crippen molar-refractivity contribution in [2.24, 2.45) is 22.4 Å². The Labute approximate surface area is 124 Å². The van der Waals surface area contributed by atoms with Gasteiger partial charge < -0.3 is 4.74 Å². The molecule has 3 atom stereocenters. The lowest BCUT2D eigenvalue weighted by atomic mass is 9.71. The van der Waals surface area contributed by atoms with Gasteiger partial charge in [-0.3, -0.25) is 0 Å². The lowest BCUT2D eigenvalue weighted by molar-refractivity contribution is -0.0348. The van der Waals surface area contributed by atoms with Gasteiger partial charge in [-0.2, -0.15) is 0 Å². The average Bonchev–Trinajstić information content (AvgIpc) is 2.21. The Morgan fingerprint density at radius 1 is 1.35 bits per heavy atom. The molecule has 0 heterocycles. The fraction of sp³-hybridized carbons (Fsp3) is 1.00. The first-order chi connectivity index (χ1) is 9.11. The van der Waals surface area contributed by atoms with Crippen LogP contribution in [0.15, 0.2) is 0 Å². The largest absolute Gasteiger partial charge is 0.378 e. The SMILES string of the molecule is CCCC(COC1CC(C)CC(C)(C)C1)CS(N)(=O)=O. The highest BCUT2D eigenvalue weighted by molar-refractivity contribution is 7.89. The topological polar surface area (TPSA) is 69.4 Å². The third-order valence-electron chi connectivity index (χ3n) is 4.08. The van der Waals surface area contributed by atoms with E-state index in [1.165, 1.54) is 6.42 Å². The van der Waals surface area contributed by atoms with E-state index in [0.29, 0.717) is 17.9 Å². The molecule has 0 aliphatic heterocycles. The number of nitrogens with two attached hydrogens (primary N) is 1. The van der Waals surface area contributed by atoms with Gasteiger partial charge in [0.1, 0.15) is 0 Å². The van der Waals surface area contributed by atoms with Crippen LogP contribution in [0.1, 0.15) is 59.8 Å². The van der Waals surface area contributed by atoms with Gasteiger partial charge in [0, 0.05) is 0 Å². The van der Waals surface area contributed by atoms with Crippen LogP contribution >= 0.6 is 0 Å². The Kier molecular flexibility index (Phi) is 6.48. The third-order valence-corrected chi connectivity index (χ3v) is 5.02. The highest BCUT2D eigenvalue weighted by Gasteiger charge is 2.32. The minimum atomic E-state index is -3.41. The van der Waals surface area contributed by atoms with Gasteiger partial charge in [-0.15, -0.1) is 0 Å². The Balaban J connectivity index is 2.50. The minimum absolute atomic E-state index is 0.0235. The Bertz CT molecular complexity index is 392. The van der Waals surface area contributed by atoms with Crippen molar-refractivity contribution in [2.75, 3.05) is 12.4 Å². The quantitative estimate of drug-likeness (QED) is 0.786. The molecule has 2 N–H and O–H groups in total. The standard InChI is InChI=1S/C15H31NO3S/c1-5-6-13(11-20(16,17)18)10-19-14-7-12(2)8-15(3,4)9-14/h12-14H,5-11H2,1-4H3,(H2,16,17,18). The van der Waals surface area contributed by atoms with Gasteiger partial charge in [0.15, 0.2) is 0 Å². The molecule has 0 radical (unpaired) electrons. The van der Waals surface area contributed by atoms with E-state index in [-0.39, 0.29) is 17.8 Å². The van der Waals surface area contributed by atoms with Crippen LogP contribution in [-0.2, 0) is 14.8 Å². The van der Waals surface area contributed by atoms with Crippen molar-refractivity contribution >= 4 is 10.0 Å². The van der Waals surface area contributed by atoms with Gasteiger partial charge >= 0.3 is 0 Å². The highest BCUT2D eigenvalue weighted by Crippen LogP contribution is 2.39. The number of ether oxygens (including phenoxy) is 1. The summed E-state index contributed by atoms with van der Waals surface area (Å²) >= 11 is 0. The summed E-state index contributed by atoms with van der Waals surface area (Å²) in [6.07, 6.45) is 5.44. The van der Waals surface area contributed by atoms with Crippen LogP contribution in [0.5, 0.6) is 0 Å². The van der Waals surface area contributed by atoms with Crippen LogP contribution in [-0.4, -0.2) is 26.9 Å². The molecule has 4 nitrogen and oxygen atoms in total. The molecule has 1 rings (SSSR count). The highest BCUT2D eigenvalue weighted by atomic mass is 32.2. The van der Waals surface area contributed by atoms with E-state index < -0.39 is 10.0 Å². The summed E-state index contributed by atoms with van der Waals surface area (Å²) < 4.78 is 28.5. The van der Waals surface area contributed by atoms with Gasteiger partial charge in [-0.1, -0.05) is 34.1 Å². The van der Waals surface area contributed by atoms with E-state index in [1.54, 1.807) is 0 Å². The third kappa shape index (κ3) is 7.04. The molecule has 3 unspecified atom stereocenters. The van der Waals surface area contributed by atoms with E-state index in [0.717, 1.165) is 25.7 Å². The zero-order valence-corrected chi connectivity index (χ0v) is 14.2. The number of rotatable bonds is 7. The Morgan fingerprint density at radius 3 is 2.50 bits per heavy atom. The molecular weight excluding hydrogens is 274 g/mol. The normalized spacial score (nSPS) is 28.2. The lowest BCUT2D eigenvalue weighted by Crippen LogP contribution is -2.34. The van der Waals surface area contributed by atoms with Crippen molar-refractivity contribution in [1.29, 1.82) is 0 Å². The predicted octanol–water partition coefficient (Wildman–Crippen LogP) is 2.92. The molecule has 20 heavy (non-hydrogen) atoms. The van der Waals surface area contributed by atoms with Crippen LogP contribution < -0.4 is 5.14 Å². The predicted molar refractivity (Wildman–Crippen MR) is 82.9 cm³/mol. The van der Waals surface area contributed by atoms with Crippen molar-refractivity contribution in [2.45, 2.75) is 65.9 Å². The molecule has 1 aliphatic carbocycles. The minimum Gasteiger partial charge on any atom is -0.378 e. The van der Waals surface area contributed by atoms with Crippen molar-refractivity contribution in [3.8, 4) is 0 Å². The maximum Gasteiger partial charge on any atom is 0.209 e. The summed E-state index contributed by atoms with van der Waals surface area (Å²) in [4.78, 5) is 0. The van der Waals surface area contributed by atoms with Crippen molar-refractivity contribution in [3.63, 3.8) is 0 Å². The summed E-state index contributed by atoms with van der Waals surface area (Å²) in [5.41, 5.74) is 0.322. The molecule has 0 bridgehead atoms. The molecule has 1 fully saturated rings. The average molecular weight is 305 g/mol. The van der Waals surface area contributed by atoms with Crippen LogP contribution in [0, 0.1) is 17.3 Å². The number of hydrogen-bond donors (Lipinski definition) is 1. The van der Waals surface area contributed by atoms with Crippen LogP contribution in [0.25, 0.3) is 0 Å². The molecule has 0 aromatic heterocycles. The second-order valence-electron chi connectivity index (χ2n) is 7.35. The van der Waals surface area contributed by atoms with E-state index in [4.69, 9.17) is 9.88 Å². The molecule has 1 aliphatic rings. The first-order valence-electron chi connectivity index (χ1n) is 7.73. The van der Waals surface area contributed by atoms with Crippen LogP contribution in [0.2, 0.25) is 0 Å². The summed E-state index contributed by atoms with van der Waals surface area (Å²) in [7, 11) is -3.41. The van der Waals surface area contributed by atoms with Crippen molar-refractivity contribution in [3.05, 3.63) is 0 Å².